The number of guanidine groups is 1. The maximum atomic E-state index is 12.9. The molecule has 0 aromatic heterocycles. The van der Waals surface area contributed by atoms with Crippen LogP contribution in [0, 0.1) is 11.2 Å². The number of nitrogens with one attached hydrogen (secondary N) is 1. The van der Waals surface area contributed by atoms with Crippen LogP contribution in [0.5, 0.6) is 0 Å². The minimum absolute atomic E-state index is 0.0517. The molecule has 0 radical (unpaired) electrons. The van der Waals surface area contributed by atoms with Crippen molar-refractivity contribution >= 4 is 5.96 Å². The summed E-state index contributed by atoms with van der Waals surface area (Å²) in [4.78, 5) is 6.29. The lowest BCUT2D eigenvalue weighted by Crippen LogP contribution is -2.45. The molecule has 0 fully saturated rings. The Morgan fingerprint density at radius 3 is 2.36 bits per heavy atom. The third-order valence-electron chi connectivity index (χ3n) is 3.60. The number of methoxy groups -OCH3 is 1. The molecule has 0 saturated heterocycles. The number of ether oxygens (including phenoxy) is 1. The third kappa shape index (κ3) is 5.64. The Morgan fingerprint density at radius 1 is 1.32 bits per heavy atom. The first kappa shape index (κ1) is 18.4. The second-order valence-corrected chi connectivity index (χ2v) is 6.50. The van der Waals surface area contributed by atoms with Crippen LogP contribution >= 0.6 is 0 Å². The van der Waals surface area contributed by atoms with Crippen molar-refractivity contribution in [1.29, 1.82) is 0 Å². The number of nitrogens with zero attached hydrogens (tertiary/aromatic N) is 2. The Morgan fingerprint density at radius 2 is 1.91 bits per heavy atom. The normalized spacial score (nSPS) is 13.9. The van der Waals surface area contributed by atoms with Crippen molar-refractivity contribution in [2.24, 2.45) is 10.4 Å². The topological polar surface area (TPSA) is 36.9 Å². The molecule has 0 bridgehead atoms. The van der Waals surface area contributed by atoms with Crippen molar-refractivity contribution in [3.63, 3.8) is 0 Å². The number of hydrogen-bond donors (Lipinski definition) is 1. The van der Waals surface area contributed by atoms with E-state index in [0.717, 1.165) is 11.5 Å². The van der Waals surface area contributed by atoms with Gasteiger partial charge in [0.2, 0.25) is 0 Å². The fraction of sp³-hybridized carbons (Fsp3) is 0.588. The maximum Gasteiger partial charge on any atom is 0.193 e. The molecule has 0 aliphatic carbocycles. The molecule has 0 amide bonds. The van der Waals surface area contributed by atoms with Gasteiger partial charge in [0.1, 0.15) is 5.82 Å². The van der Waals surface area contributed by atoms with Gasteiger partial charge in [0, 0.05) is 34.3 Å². The van der Waals surface area contributed by atoms with E-state index < -0.39 is 0 Å². The van der Waals surface area contributed by atoms with E-state index in [2.05, 4.69) is 31.1 Å². The Balaban J connectivity index is 2.62. The Kier molecular flexibility index (Phi) is 6.81. The summed E-state index contributed by atoms with van der Waals surface area (Å²) in [5, 5.41) is 3.34. The molecule has 4 nitrogen and oxygen atoms in total. The molecular weight excluding hydrogens is 281 g/mol. The molecule has 0 heterocycles. The number of aliphatic imine (C=N–C) groups is 1. The molecule has 0 spiro atoms. The molecule has 1 aromatic carbocycles. The molecule has 124 valence electrons. The van der Waals surface area contributed by atoms with Crippen LogP contribution in [-0.4, -0.2) is 44.7 Å². The van der Waals surface area contributed by atoms with E-state index in [1.54, 1.807) is 26.3 Å². The maximum absolute atomic E-state index is 12.9. The van der Waals surface area contributed by atoms with Gasteiger partial charge in [-0.15, -0.1) is 0 Å². The second-order valence-electron chi connectivity index (χ2n) is 6.50. The molecule has 1 unspecified atom stereocenters. The van der Waals surface area contributed by atoms with Crippen molar-refractivity contribution < 1.29 is 9.13 Å². The standard InChI is InChI=1S/C17H28FN3O/c1-17(2,3)15(22-6)11-20-16(19-4)21(5)12-13-7-9-14(18)10-8-13/h7-10,15H,11-12H2,1-6H3,(H,19,20). The highest BCUT2D eigenvalue weighted by molar-refractivity contribution is 5.79. The average Bonchev–Trinajstić information content (AvgIpc) is 2.44. The van der Waals surface area contributed by atoms with Gasteiger partial charge in [-0.05, 0) is 23.1 Å². The molecule has 1 N–H and O–H groups in total. The van der Waals surface area contributed by atoms with Crippen molar-refractivity contribution in [3.05, 3.63) is 35.6 Å². The van der Waals surface area contributed by atoms with Gasteiger partial charge in [-0.2, -0.15) is 0 Å². The lowest BCUT2D eigenvalue weighted by Gasteiger charge is -2.31. The zero-order valence-electron chi connectivity index (χ0n) is 14.5. The lowest BCUT2D eigenvalue weighted by atomic mass is 9.89. The largest absolute Gasteiger partial charge is 0.379 e. The monoisotopic (exact) mass is 309 g/mol. The van der Waals surface area contributed by atoms with Crippen LogP contribution in [0.1, 0.15) is 26.3 Å². The van der Waals surface area contributed by atoms with E-state index in [0.29, 0.717) is 13.1 Å². The SMILES string of the molecule is CN=C(NCC(OC)C(C)(C)C)N(C)Cc1ccc(F)cc1. The van der Waals surface area contributed by atoms with Gasteiger partial charge < -0.3 is 15.0 Å². The predicted octanol–water partition coefficient (Wildman–Crippen LogP) is 2.89. The fourth-order valence-corrected chi connectivity index (χ4v) is 2.25. The Labute approximate surface area is 133 Å². The zero-order valence-corrected chi connectivity index (χ0v) is 14.5. The van der Waals surface area contributed by atoms with E-state index in [-0.39, 0.29) is 17.3 Å². The summed E-state index contributed by atoms with van der Waals surface area (Å²) < 4.78 is 18.5. The minimum Gasteiger partial charge on any atom is -0.379 e. The lowest BCUT2D eigenvalue weighted by molar-refractivity contribution is 0.0202. The first-order valence-electron chi connectivity index (χ1n) is 7.47. The molecule has 5 heteroatoms. The summed E-state index contributed by atoms with van der Waals surface area (Å²) in [6, 6.07) is 6.51. The molecular formula is C17H28FN3O. The number of benzene rings is 1. The minimum atomic E-state index is -0.220. The molecule has 1 atom stereocenters. The molecule has 0 aliphatic heterocycles. The fourth-order valence-electron chi connectivity index (χ4n) is 2.25. The van der Waals surface area contributed by atoms with Crippen LogP contribution in [0.3, 0.4) is 0 Å². The van der Waals surface area contributed by atoms with Crippen molar-refractivity contribution in [1.82, 2.24) is 10.2 Å². The van der Waals surface area contributed by atoms with Crippen molar-refractivity contribution in [2.75, 3.05) is 27.7 Å². The summed E-state index contributed by atoms with van der Waals surface area (Å²) >= 11 is 0. The molecule has 0 aliphatic rings. The quantitative estimate of drug-likeness (QED) is 0.671. The Hall–Kier alpha value is -1.62. The molecule has 1 aromatic rings. The van der Waals surface area contributed by atoms with E-state index >= 15 is 0 Å². The summed E-state index contributed by atoms with van der Waals surface area (Å²) in [5.74, 6) is 0.567. The average molecular weight is 309 g/mol. The second kappa shape index (κ2) is 8.13. The molecule has 22 heavy (non-hydrogen) atoms. The summed E-state index contributed by atoms with van der Waals surface area (Å²) in [5.41, 5.74) is 1.09. The number of rotatable bonds is 5. The molecule has 0 saturated carbocycles. The van der Waals surface area contributed by atoms with E-state index in [1.807, 2.05) is 11.9 Å². The Bertz CT molecular complexity index is 480. The highest BCUT2D eigenvalue weighted by atomic mass is 19.1. The molecule has 1 rings (SSSR count). The highest BCUT2D eigenvalue weighted by Gasteiger charge is 2.24. The van der Waals surface area contributed by atoms with E-state index in [4.69, 9.17) is 4.74 Å². The smallest absolute Gasteiger partial charge is 0.193 e. The van der Waals surface area contributed by atoms with E-state index in [9.17, 15) is 4.39 Å². The van der Waals surface area contributed by atoms with Gasteiger partial charge in [-0.1, -0.05) is 32.9 Å². The van der Waals surface area contributed by atoms with Crippen LogP contribution in [0.25, 0.3) is 0 Å². The van der Waals surface area contributed by atoms with Crippen LogP contribution in [0.4, 0.5) is 4.39 Å². The van der Waals surface area contributed by atoms with Gasteiger partial charge in [0.05, 0.1) is 6.10 Å². The van der Waals surface area contributed by atoms with Crippen molar-refractivity contribution in [3.8, 4) is 0 Å². The summed E-state index contributed by atoms with van der Waals surface area (Å²) in [7, 11) is 5.43. The first-order valence-corrected chi connectivity index (χ1v) is 7.47. The van der Waals surface area contributed by atoms with Gasteiger partial charge in [-0.25, -0.2) is 4.39 Å². The van der Waals surface area contributed by atoms with Crippen LogP contribution in [0.2, 0.25) is 0 Å². The predicted molar refractivity (Wildman–Crippen MR) is 89.5 cm³/mol. The van der Waals surface area contributed by atoms with Crippen LogP contribution < -0.4 is 5.32 Å². The number of hydrogen-bond acceptors (Lipinski definition) is 2. The highest BCUT2D eigenvalue weighted by Crippen LogP contribution is 2.21. The summed E-state index contributed by atoms with van der Waals surface area (Å²) in [6.45, 7) is 7.78. The van der Waals surface area contributed by atoms with E-state index in [1.165, 1.54) is 12.1 Å². The zero-order chi connectivity index (χ0) is 16.8. The van der Waals surface area contributed by atoms with Gasteiger partial charge >= 0.3 is 0 Å². The van der Waals surface area contributed by atoms with Crippen LogP contribution in [-0.2, 0) is 11.3 Å². The van der Waals surface area contributed by atoms with Crippen molar-refractivity contribution in [2.45, 2.75) is 33.4 Å². The van der Waals surface area contributed by atoms with Crippen LogP contribution in [0.15, 0.2) is 29.3 Å². The van der Waals surface area contributed by atoms with Gasteiger partial charge in [0.25, 0.3) is 0 Å². The van der Waals surface area contributed by atoms with Gasteiger partial charge in [0.15, 0.2) is 5.96 Å². The number of halogens is 1. The third-order valence-corrected chi connectivity index (χ3v) is 3.60. The first-order chi connectivity index (χ1) is 10.3. The van der Waals surface area contributed by atoms with Gasteiger partial charge in [-0.3, -0.25) is 4.99 Å². The summed E-state index contributed by atoms with van der Waals surface area (Å²) in [6.07, 6.45) is 0.0865.